The van der Waals surface area contributed by atoms with Gasteiger partial charge in [0, 0.05) is 34.7 Å². The number of hydrogen-bond acceptors (Lipinski definition) is 5. The third-order valence-corrected chi connectivity index (χ3v) is 4.25. The molecule has 1 aromatic carbocycles. The Morgan fingerprint density at radius 1 is 1.33 bits per heavy atom. The molecule has 0 atom stereocenters. The first kappa shape index (κ1) is 15.1. The Morgan fingerprint density at radius 3 is 3.08 bits per heavy atom. The van der Waals surface area contributed by atoms with Gasteiger partial charge in [0.2, 0.25) is 5.58 Å². The van der Waals surface area contributed by atoms with E-state index < -0.39 is 0 Å². The molecule has 4 aromatic rings. The van der Waals surface area contributed by atoms with Gasteiger partial charge in [-0.1, -0.05) is 15.9 Å². The number of rotatable bonds is 5. The fourth-order valence-corrected chi connectivity index (χ4v) is 2.97. The SMILES string of the molecule is O=c1[nH]c(CNCCc2cnc[nH]2)nc2c1oc1ccc(Br)cc12. The Kier molecular flexibility index (Phi) is 3.91. The van der Waals surface area contributed by atoms with E-state index in [0.717, 1.165) is 28.5 Å². The molecule has 0 spiro atoms. The summed E-state index contributed by atoms with van der Waals surface area (Å²) in [5, 5.41) is 4.09. The number of aromatic amines is 2. The highest BCUT2D eigenvalue weighted by molar-refractivity contribution is 9.10. The lowest BCUT2D eigenvalue weighted by atomic mass is 10.2. The predicted octanol–water partition coefficient (Wildman–Crippen LogP) is 2.49. The maximum atomic E-state index is 12.2. The molecule has 0 unspecified atom stereocenters. The summed E-state index contributed by atoms with van der Waals surface area (Å²) < 4.78 is 6.52. The summed E-state index contributed by atoms with van der Waals surface area (Å²) in [5.41, 5.74) is 2.28. The van der Waals surface area contributed by atoms with Crippen molar-refractivity contribution in [2.75, 3.05) is 6.54 Å². The largest absolute Gasteiger partial charge is 0.449 e. The molecule has 0 aliphatic rings. The minimum Gasteiger partial charge on any atom is -0.449 e. The smallest absolute Gasteiger partial charge is 0.294 e. The molecule has 0 saturated heterocycles. The van der Waals surface area contributed by atoms with Crippen LogP contribution in [0.5, 0.6) is 0 Å². The van der Waals surface area contributed by atoms with Crippen LogP contribution in [0.3, 0.4) is 0 Å². The summed E-state index contributed by atoms with van der Waals surface area (Å²) in [4.78, 5) is 26.6. The molecule has 3 N–H and O–H groups in total. The first-order valence-corrected chi connectivity index (χ1v) is 8.29. The van der Waals surface area contributed by atoms with Crippen molar-refractivity contribution in [1.82, 2.24) is 25.3 Å². The number of fused-ring (bicyclic) bond motifs is 3. The monoisotopic (exact) mass is 387 g/mol. The van der Waals surface area contributed by atoms with Crippen LogP contribution in [0.15, 0.2) is 44.4 Å². The zero-order valence-electron chi connectivity index (χ0n) is 12.6. The lowest BCUT2D eigenvalue weighted by Gasteiger charge is -2.03. The van der Waals surface area contributed by atoms with Gasteiger partial charge in [-0.05, 0) is 18.2 Å². The van der Waals surface area contributed by atoms with Gasteiger partial charge in [0.15, 0.2) is 0 Å². The Balaban J connectivity index is 1.58. The maximum Gasteiger partial charge on any atom is 0.294 e. The zero-order valence-corrected chi connectivity index (χ0v) is 14.2. The van der Waals surface area contributed by atoms with Crippen LogP contribution >= 0.6 is 15.9 Å². The summed E-state index contributed by atoms with van der Waals surface area (Å²) in [7, 11) is 0. The molecule has 0 bridgehead atoms. The predicted molar refractivity (Wildman–Crippen MR) is 93.8 cm³/mol. The van der Waals surface area contributed by atoms with Gasteiger partial charge in [-0.3, -0.25) is 4.79 Å². The molecular weight excluding hydrogens is 374 g/mol. The number of aromatic nitrogens is 4. The molecule has 7 nitrogen and oxygen atoms in total. The Morgan fingerprint density at radius 2 is 2.25 bits per heavy atom. The molecule has 8 heteroatoms. The molecule has 0 aliphatic carbocycles. The Labute approximate surface area is 144 Å². The fraction of sp³-hybridized carbons (Fsp3) is 0.188. The standard InChI is InChI=1S/C16H14BrN5O2/c17-9-1-2-12-11(5-9)14-15(24-12)16(23)22-13(21-14)7-18-4-3-10-6-19-8-20-10/h1-2,5-6,8,18H,3-4,7H2,(H,19,20)(H,21,22,23). The van der Waals surface area contributed by atoms with Crippen LogP contribution in [-0.2, 0) is 13.0 Å². The van der Waals surface area contributed by atoms with E-state index in [-0.39, 0.29) is 11.1 Å². The van der Waals surface area contributed by atoms with Gasteiger partial charge in [-0.25, -0.2) is 9.97 Å². The molecule has 0 aliphatic heterocycles. The molecule has 0 amide bonds. The minimum atomic E-state index is -0.266. The van der Waals surface area contributed by atoms with Crippen LogP contribution in [0, 0.1) is 0 Å². The highest BCUT2D eigenvalue weighted by atomic mass is 79.9. The molecule has 4 rings (SSSR count). The van der Waals surface area contributed by atoms with Crippen LogP contribution in [0.2, 0.25) is 0 Å². The van der Waals surface area contributed by atoms with Gasteiger partial charge in [0.25, 0.3) is 5.56 Å². The second kappa shape index (κ2) is 6.21. The third kappa shape index (κ3) is 2.85. The van der Waals surface area contributed by atoms with Crippen molar-refractivity contribution in [1.29, 1.82) is 0 Å². The van der Waals surface area contributed by atoms with E-state index in [2.05, 4.69) is 41.2 Å². The van der Waals surface area contributed by atoms with Gasteiger partial charge < -0.3 is 19.7 Å². The van der Waals surface area contributed by atoms with Gasteiger partial charge in [0.1, 0.15) is 16.9 Å². The lowest BCUT2D eigenvalue weighted by Crippen LogP contribution is -2.21. The molecule has 0 fully saturated rings. The summed E-state index contributed by atoms with van der Waals surface area (Å²) >= 11 is 3.43. The number of H-pyrrole nitrogens is 2. The third-order valence-electron chi connectivity index (χ3n) is 3.75. The van der Waals surface area contributed by atoms with Crippen molar-refractivity contribution in [2.24, 2.45) is 0 Å². The van der Waals surface area contributed by atoms with E-state index in [0.29, 0.717) is 23.5 Å². The van der Waals surface area contributed by atoms with Gasteiger partial charge in [-0.2, -0.15) is 0 Å². The number of imidazole rings is 1. The lowest BCUT2D eigenvalue weighted by molar-refractivity contribution is 0.642. The van der Waals surface area contributed by atoms with Crippen LogP contribution in [0.25, 0.3) is 22.1 Å². The second-order valence-electron chi connectivity index (χ2n) is 5.44. The van der Waals surface area contributed by atoms with E-state index in [1.54, 1.807) is 12.5 Å². The van der Waals surface area contributed by atoms with Crippen LogP contribution in [0.1, 0.15) is 11.5 Å². The molecule has 122 valence electrons. The molecule has 3 aromatic heterocycles. The number of hydrogen-bond donors (Lipinski definition) is 3. The van der Waals surface area contributed by atoms with Crippen molar-refractivity contribution in [3.8, 4) is 0 Å². The topological polar surface area (TPSA) is 99.6 Å². The van der Waals surface area contributed by atoms with Gasteiger partial charge >= 0.3 is 0 Å². The van der Waals surface area contributed by atoms with Crippen LogP contribution in [-0.4, -0.2) is 26.5 Å². The highest BCUT2D eigenvalue weighted by Crippen LogP contribution is 2.27. The van der Waals surface area contributed by atoms with Crippen LogP contribution in [0.4, 0.5) is 0 Å². The fourth-order valence-electron chi connectivity index (χ4n) is 2.61. The van der Waals surface area contributed by atoms with Crippen molar-refractivity contribution >= 4 is 38.0 Å². The Hall–Kier alpha value is -2.45. The van der Waals surface area contributed by atoms with Crippen LogP contribution < -0.4 is 10.9 Å². The highest BCUT2D eigenvalue weighted by Gasteiger charge is 2.13. The summed E-state index contributed by atoms with van der Waals surface area (Å²) in [6.45, 7) is 1.22. The average molecular weight is 388 g/mol. The van der Waals surface area contributed by atoms with E-state index in [1.807, 2.05) is 18.2 Å². The molecule has 0 radical (unpaired) electrons. The zero-order chi connectivity index (χ0) is 16.5. The van der Waals surface area contributed by atoms with E-state index in [9.17, 15) is 4.79 Å². The van der Waals surface area contributed by atoms with E-state index in [1.165, 1.54) is 0 Å². The second-order valence-corrected chi connectivity index (χ2v) is 6.35. The van der Waals surface area contributed by atoms with Crippen molar-refractivity contribution in [2.45, 2.75) is 13.0 Å². The summed E-state index contributed by atoms with van der Waals surface area (Å²) in [6, 6.07) is 5.60. The first-order chi connectivity index (χ1) is 11.7. The van der Waals surface area contributed by atoms with E-state index >= 15 is 0 Å². The summed E-state index contributed by atoms with van der Waals surface area (Å²) in [5.74, 6) is 0.583. The number of furan rings is 1. The number of halogens is 1. The average Bonchev–Trinajstić information content (AvgIpc) is 3.20. The first-order valence-electron chi connectivity index (χ1n) is 7.49. The summed E-state index contributed by atoms with van der Waals surface area (Å²) in [6.07, 6.45) is 4.28. The molecular formula is C16H14BrN5O2. The number of benzene rings is 1. The Bertz CT molecular complexity index is 1050. The maximum absolute atomic E-state index is 12.2. The van der Waals surface area contributed by atoms with Crippen molar-refractivity contribution in [3.63, 3.8) is 0 Å². The van der Waals surface area contributed by atoms with Crippen molar-refractivity contribution < 1.29 is 4.42 Å². The van der Waals surface area contributed by atoms with E-state index in [4.69, 9.17) is 4.42 Å². The van der Waals surface area contributed by atoms with Crippen molar-refractivity contribution in [3.05, 3.63) is 57.1 Å². The quantitative estimate of drug-likeness (QED) is 0.456. The normalized spacial score (nSPS) is 11.5. The molecule has 24 heavy (non-hydrogen) atoms. The van der Waals surface area contributed by atoms with Gasteiger partial charge in [-0.15, -0.1) is 0 Å². The van der Waals surface area contributed by atoms with Gasteiger partial charge in [0.05, 0.1) is 12.9 Å². The molecule has 0 saturated carbocycles. The number of nitrogens with one attached hydrogen (secondary N) is 3. The number of nitrogens with zero attached hydrogens (tertiary/aromatic N) is 2. The minimum absolute atomic E-state index is 0.254. The molecule has 3 heterocycles.